The van der Waals surface area contributed by atoms with Gasteiger partial charge in [-0.05, 0) is 108 Å². The minimum Gasteiger partial charge on any atom is -0.489 e. The normalized spacial score (nSPS) is 19.3. The van der Waals surface area contributed by atoms with Crippen LogP contribution in [0.5, 0.6) is 5.75 Å². The SMILES string of the molecule is COC(=O)c1ccccc1.Cc1cc(C2CC2)c(OC2CCC(O)CC2)c2ccn(C(=O)OC(C)(C)C)c12. The van der Waals surface area contributed by atoms with Gasteiger partial charge < -0.3 is 19.3 Å². The van der Waals surface area contributed by atoms with E-state index in [1.807, 2.05) is 32.9 Å². The van der Waals surface area contributed by atoms with Crippen molar-refractivity contribution in [3.05, 3.63) is 65.4 Å². The van der Waals surface area contributed by atoms with E-state index in [0.717, 1.165) is 47.9 Å². The van der Waals surface area contributed by atoms with E-state index in [9.17, 15) is 14.7 Å². The van der Waals surface area contributed by atoms with E-state index in [0.29, 0.717) is 11.5 Å². The molecule has 0 saturated heterocycles. The Morgan fingerprint density at radius 3 is 2.21 bits per heavy atom. The molecule has 5 rings (SSSR count). The van der Waals surface area contributed by atoms with Crippen LogP contribution in [0.3, 0.4) is 0 Å². The first-order valence-electron chi connectivity index (χ1n) is 13.4. The molecule has 3 aromatic rings. The number of aryl methyl sites for hydroxylation is 1. The van der Waals surface area contributed by atoms with Gasteiger partial charge in [-0.25, -0.2) is 9.59 Å². The van der Waals surface area contributed by atoms with E-state index in [1.54, 1.807) is 35.0 Å². The molecule has 2 fully saturated rings. The van der Waals surface area contributed by atoms with Gasteiger partial charge in [-0.1, -0.05) is 18.2 Å². The van der Waals surface area contributed by atoms with Crippen LogP contribution >= 0.6 is 0 Å². The second-order valence-corrected chi connectivity index (χ2v) is 11.2. The third kappa shape index (κ3) is 6.76. The zero-order chi connectivity index (χ0) is 27.4. The van der Waals surface area contributed by atoms with E-state index in [1.165, 1.54) is 25.5 Å². The lowest BCUT2D eigenvalue weighted by Gasteiger charge is -2.28. The second-order valence-electron chi connectivity index (χ2n) is 11.2. The number of hydrogen-bond donors (Lipinski definition) is 1. The number of methoxy groups -OCH3 is 1. The summed E-state index contributed by atoms with van der Waals surface area (Å²) in [6, 6.07) is 13.0. The van der Waals surface area contributed by atoms with Crippen LogP contribution in [0.1, 0.15) is 86.7 Å². The van der Waals surface area contributed by atoms with Crippen LogP contribution in [0.2, 0.25) is 0 Å². The van der Waals surface area contributed by atoms with E-state index in [2.05, 4.69) is 17.7 Å². The maximum atomic E-state index is 12.7. The molecule has 0 aliphatic heterocycles. The number of carbonyl (C=O) groups is 2. The van der Waals surface area contributed by atoms with Gasteiger partial charge in [0.2, 0.25) is 0 Å². The van der Waals surface area contributed by atoms with Crippen molar-refractivity contribution < 1.29 is 28.9 Å². The highest BCUT2D eigenvalue weighted by Gasteiger charge is 2.32. The summed E-state index contributed by atoms with van der Waals surface area (Å²) in [5.74, 6) is 1.18. The number of carbonyl (C=O) groups excluding carboxylic acids is 2. The molecule has 0 radical (unpaired) electrons. The van der Waals surface area contributed by atoms with Gasteiger partial charge in [0.1, 0.15) is 11.4 Å². The van der Waals surface area contributed by atoms with Gasteiger partial charge in [0, 0.05) is 11.6 Å². The van der Waals surface area contributed by atoms with Crippen molar-refractivity contribution in [3.63, 3.8) is 0 Å². The van der Waals surface area contributed by atoms with Crippen LogP contribution in [-0.4, -0.2) is 46.7 Å². The Hall–Kier alpha value is -3.32. The number of hydrogen-bond acceptors (Lipinski definition) is 6. The lowest BCUT2D eigenvalue weighted by molar-refractivity contribution is 0.0542. The maximum Gasteiger partial charge on any atom is 0.419 e. The van der Waals surface area contributed by atoms with Crippen LogP contribution in [0.4, 0.5) is 4.79 Å². The van der Waals surface area contributed by atoms with Crippen molar-refractivity contribution in [2.45, 2.75) is 89.9 Å². The number of rotatable bonds is 4. The topological polar surface area (TPSA) is 87.0 Å². The molecule has 0 unspecified atom stereocenters. The lowest BCUT2D eigenvalue weighted by Crippen LogP contribution is -2.27. The van der Waals surface area contributed by atoms with Gasteiger partial charge in [0.15, 0.2) is 0 Å². The number of benzene rings is 2. The number of nitrogens with zero attached hydrogens (tertiary/aromatic N) is 1. The maximum absolute atomic E-state index is 12.7. The first-order valence-corrected chi connectivity index (χ1v) is 13.4. The van der Waals surface area contributed by atoms with Crippen molar-refractivity contribution >= 4 is 23.0 Å². The Kier molecular flexibility index (Phi) is 8.46. The molecule has 2 saturated carbocycles. The first kappa shape index (κ1) is 27.7. The average Bonchev–Trinajstić information content (AvgIpc) is 3.63. The molecular weight excluding hydrogens is 482 g/mol. The van der Waals surface area contributed by atoms with Crippen LogP contribution in [0.15, 0.2) is 48.7 Å². The molecule has 1 heterocycles. The highest BCUT2D eigenvalue weighted by molar-refractivity contribution is 5.96. The summed E-state index contributed by atoms with van der Waals surface area (Å²) in [5.41, 5.74) is 3.24. The van der Waals surface area contributed by atoms with Gasteiger partial charge in [-0.2, -0.15) is 0 Å². The Bertz CT molecular complexity index is 1260. The highest BCUT2D eigenvalue weighted by atomic mass is 16.6. The third-order valence-electron chi connectivity index (χ3n) is 6.87. The zero-order valence-electron chi connectivity index (χ0n) is 23.0. The summed E-state index contributed by atoms with van der Waals surface area (Å²) >= 11 is 0. The summed E-state index contributed by atoms with van der Waals surface area (Å²) in [7, 11) is 1.37. The largest absolute Gasteiger partial charge is 0.489 e. The molecule has 2 aliphatic rings. The molecule has 204 valence electrons. The Morgan fingerprint density at radius 1 is 0.974 bits per heavy atom. The van der Waals surface area contributed by atoms with Gasteiger partial charge in [0.25, 0.3) is 0 Å². The van der Waals surface area contributed by atoms with E-state index >= 15 is 0 Å². The highest BCUT2D eigenvalue weighted by Crippen LogP contribution is 2.48. The van der Waals surface area contributed by atoms with Crippen LogP contribution in [0.25, 0.3) is 10.9 Å². The fourth-order valence-electron chi connectivity index (χ4n) is 4.85. The van der Waals surface area contributed by atoms with Crippen molar-refractivity contribution in [1.29, 1.82) is 0 Å². The number of aromatic nitrogens is 1. The van der Waals surface area contributed by atoms with E-state index in [4.69, 9.17) is 9.47 Å². The number of ether oxygens (including phenoxy) is 3. The Balaban J connectivity index is 0.000000283. The molecule has 38 heavy (non-hydrogen) atoms. The average molecular weight is 522 g/mol. The van der Waals surface area contributed by atoms with Gasteiger partial charge in [0.05, 0.1) is 30.4 Å². The summed E-state index contributed by atoms with van der Waals surface area (Å²) in [6.45, 7) is 7.68. The van der Waals surface area contributed by atoms with Crippen LogP contribution in [0, 0.1) is 6.92 Å². The van der Waals surface area contributed by atoms with Crippen molar-refractivity contribution in [3.8, 4) is 5.75 Å². The molecule has 0 bridgehead atoms. The number of fused-ring (bicyclic) bond motifs is 1. The molecule has 0 atom stereocenters. The monoisotopic (exact) mass is 521 g/mol. The second kappa shape index (κ2) is 11.6. The number of aliphatic hydroxyl groups excluding tert-OH is 1. The fourth-order valence-corrected chi connectivity index (χ4v) is 4.85. The molecule has 1 aromatic heterocycles. The predicted octanol–water partition coefficient (Wildman–Crippen LogP) is 6.77. The van der Waals surface area contributed by atoms with Gasteiger partial charge in [-0.15, -0.1) is 0 Å². The molecule has 2 aliphatic carbocycles. The summed E-state index contributed by atoms with van der Waals surface area (Å²) in [5, 5.41) is 10.8. The number of aliphatic hydroxyl groups is 1. The predicted molar refractivity (Wildman–Crippen MR) is 147 cm³/mol. The first-order chi connectivity index (χ1) is 18.1. The zero-order valence-corrected chi connectivity index (χ0v) is 23.0. The number of esters is 1. The molecule has 7 nitrogen and oxygen atoms in total. The van der Waals surface area contributed by atoms with Crippen molar-refractivity contribution in [1.82, 2.24) is 4.57 Å². The molecule has 7 heteroatoms. The summed E-state index contributed by atoms with van der Waals surface area (Å²) < 4.78 is 18.2. The molecule has 0 spiro atoms. The summed E-state index contributed by atoms with van der Waals surface area (Å²) in [6.07, 6.45) is 7.05. The molecule has 0 amide bonds. The van der Waals surface area contributed by atoms with Gasteiger partial charge in [-0.3, -0.25) is 4.57 Å². The summed E-state index contributed by atoms with van der Waals surface area (Å²) in [4.78, 5) is 23.5. The minimum absolute atomic E-state index is 0.122. The molecule has 2 aromatic carbocycles. The van der Waals surface area contributed by atoms with Crippen LogP contribution in [-0.2, 0) is 9.47 Å². The van der Waals surface area contributed by atoms with Crippen molar-refractivity contribution in [2.24, 2.45) is 0 Å². The Labute approximate surface area is 224 Å². The third-order valence-corrected chi connectivity index (χ3v) is 6.87. The lowest BCUT2D eigenvalue weighted by atomic mass is 9.94. The van der Waals surface area contributed by atoms with Crippen molar-refractivity contribution in [2.75, 3.05) is 7.11 Å². The van der Waals surface area contributed by atoms with E-state index < -0.39 is 5.60 Å². The van der Waals surface area contributed by atoms with Gasteiger partial charge >= 0.3 is 12.1 Å². The molecule has 1 N–H and O–H groups in total. The van der Waals surface area contributed by atoms with Crippen LogP contribution < -0.4 is 4.74 Å². The van der Waals surface area contributed by atoms with E-state index in [-0.39, 0.29) is 24.3 Å². The standard InChI is InChI=1S/C23H31NO4.C8H8O2/c1-14-13-19(15-5-6-15)21(27-17-9-7-16(25)8-10-17)18-11-12-24(20(14)18)22(26)28-23(2,3)4;1-10-8(9)7-5-3-2-4-6-7/h11-13,15-17,25H,5-10H2,1-4H3;2-6H,1H3. The quantitative estimate of drug-likeness (QED) is 0.382. The molecular formula is C31H39NO6. The fraction of sp³-hybridized carbons (Fsp3) is 0.484. The Morgan fingerprint density at radius 2 is 1.63 bits per heavy atom. The smallest absolute Gasteiger partial charge is 0.419 e. The minimum atomic E-state index is -0.544.